The summed E-state index contributed by atoms with van der Waals surface area (Å²) in [6, 6.07) is 5.16. The number of methoxy groups -OCH3 is 1. The molecule has 3 N–H and O–H groups in total. The first-order chi connectivity index (χ1) is 16.2. The molecule has 3 aromatic rings. The van der Waals surface area contributed by atoms with Gasteiger partial charge in [0.2, 0.25) is 5.91 Å². The Kier molecular flexibility index (Phi) is 8.18. The monoisotopic (exact) mass is 523 g/mol. The van der Waals surface area contributed by atoms with E-state index in [0.717, 1.165) is 23.1 Å². The van der Waals surface area contributed by atoms with Crippen LogP contribution in [0.1, 0.15) is 32.5 Å². The van der Waals surface area contributed by atoms with E-state index in [4.69, 9.17) is 26.8 Å². The minimum Gasteiger partial charge on any atom is -0.496 e. The number of halogens is 1. The van der Waals surface area contributed by atoms with Gasteiger partial charge in [-0.1, -0.05) is 23.4 Å². The minimum absolute atomic E-state index is 0.0240. The van der Waals surface area contributed by atoms with Gasteiger partial charge in [0, 0.05) is 12.1 Å². The lowest BCUT2D eigenvalue weighted by Gasteiger charge is -2.09. The Bertz CT molecular complexity index is 1260. The summed E-state index contributed by atoms with van der Waals surface area (Å²) in [6.07, 6.45) is 0. The molecule has 2 aromatic heterocycles. The second-order valence-corrected chi connectivity index (χ2v) is 9.29. The number of primary amides is 1. The molecule has 0 bridgehead atoms. The van der Waals surface area contributed by atoms with E-state index in [1.165, 1.54) is 0 Å². The van der Waals surface area contributed by atoms with Crippen LogP contribution in [0.5, 0.6) is 5.75 Å². The predicted molar refractivity (Wildman–Crippen MR) is 131 cm³/mol. The van der Waals surface area contributed by atoms with Gasteiger partial charge in [0.05, 0.1) is 35.5 Å². The number of ether oxygens (including phenoxy) is 2. The first-order valence-corrected chi connectivity index (χ1v) is 12.1. The molecule has 0 radical (unpaired) electrons. The van der Waals surface area contributed by atoms with Crippen molar-refractivity contribution in [3.05, 3.63) is 39.2 Å². The summed E-state index contributed by atoms with van der Waals surface area (Å²) in [5.74, 6) is -0.654. The number of nitrogens with one attached hydrogen (secondary N) is 1. The van der Waals surface area contributed by atoms with E-state index in [0.29, 0.717) is 32.9 Å². The molecule has 13 heteroatoms. The Morgan fingerprint density at radius 2 is 2.03 bits per heavy atom. The van der Waals surface area contributed by atoms with E-state index < -0.39 is 17.8 Å². The second-order valence-electron chi connectivity index (χ2n) is 6.89. The average molecular weight is 524 g/mol. The van der Waals surface area contributed by atoms with Gasteiger partial charge in [0.25, 0.3) is 5.91 Å². The van der Waals surface area contributed by atoms with Crippen molar-refractivity contribution in [1.29, 1.82) is 0 Å². The van der Waals surface area contributed by atoms with Crippen LogP contribution in [0.15, 0.2) is 23.4 Å². The maximum absolute atomic E-state index is 12.7. The quantitative estimate of drug-likeness (QED) is 0.321. The van der Waals surface area contributed by atoms with Crippen LogP contribution in [0, 0.1) is 6.92 Å². The fraction of sp³-hybridized carbons (Fsp3) is 0.286. The van der Waals surface area contributed by atoms with Crippen LogP contribution >= 0.6 is 34.7 Å². The van der Waals surface area contributed by atoms with Crippen molar-refractivity contribution < 1.29 is 23.9 Å². The van der Waals surface area contributed by atoms with Crippen molar-refractivity contribution in [3.8, 4) is 17.1 Å². The SMILES string of the molecule is CCOC(=O)c1c(NC(=O)CSc2nnc(-c3cc(Cl)ccc3OC)n2C)sc(C(N)=O)c1C. The molecule has 0 spiro atoms. The normalized spacial score (nSPS) is 10.7. The van der Waals surface area contributed by atoms with Crippen molar-refractivity contribution in [2.24, 2.45) is 12.8 Å². The van der Waals surface area contributed by atoms with Crippen molar-refractivity contribution >= 4 is 57.5 Å². The zero-order chi connectivity index (χ0) is 25.0. The van der Waals surface area contributed by atoms with Gasteiger partial charge in [-0.05, 0) is 37.6 Å². The van der Waals surface area contributed by atoms with Crippen LogP contribution in [-0.4, -0.2) is 52.0 Å². The summed E-state index contributed by atoms with van der Waals surface area (Å²) in [4.78, 5) is 36.9. The first-order valence-electron chi connectivity index (χ1n) is 9.94. The van der Waals surface area contributed by atoms with Crippen LogP contribution < -0.4 is 15.8 Å². The number of rotatable bonds is 9. The molecule has 0 unspecified atom stereocenters. The van der Waals surface area contributed by atoms with Gasteiger partial charge < -0.3 is 25.1 Å². The van der Waals surface area contributed by atoms with E-state index in [-0.39, 0.29) is 27.8 Å². The van der Waals surface area contributed by atoms with Crippen molar-refractivity contribution in [2.45, 2.75) is 19.0 Å². The predicted octanol–water partition coefficient (Wildman–Crippen LogP) is 3.52. The number of hydrogen-bond donors (Lipinski definition) is 2. The molecule has 0 aliphatic heterocycles. The topological polar surface area (TPSA) is 138 Å². The van der Waals surface area contributed by atoms with E-state index in [2.05, 4.69) is 15.5 Å². The summed E-state index contributed by atoms with van der Waals surface area (Å²) >= 11 is 8.20. The highest BCUT2D eigenvalue weighted by molar-refractivity contribution is 7.99. The van der Waals surface area contributed by atoms with Gasteiger partial charge in [-0.2, -0.15) is 0 Å². The number of carbonyl (C=O) groups excluding carboxylic acids is 3. The third-order valence-electron chi connectivity index (χ3n) is 4.67. The highest BCUT2D eigenvalue weighted by Crippen LogP contribution is 2.35. The molecular formula is C21H22ClN5O5S2. The number of carbonyl (C=O) groups is 3. The van der Waals surface area contributed by atoms with Gasteiger partial charge in [-0.15, -0.1) is 21.5 Å². The maximum atomic E-state index is 12.7. The summed E-state index contributed by atoms with van der Waals surface area (Å²) < 4.78 is 12.2. The summed E-state index contributed by atoms with van der Waals surface area (Å²) in [7, 11) is 3.31. The lowest BCUT2D eigenvalue weighted by molar-refractivity contribution is -0.113. The zero-order valence-corrected chi connectivity index (χ0v) is 21.2. The van der Waals surface area contributed by atoms with Gasteiger partial charge in [-0.25, -0.2) is 4.79 Å². The number of benzene rings is 1. The summed E-state index contributed by atoms with van der Waals surface area (Å²) in [5.41, 5.74) is 6.55. The smallest absolute Gasteiger partial charge is 0.341 e. The molecule has 0 atom stereocenters. The number of thioether (sulfide) groups is 1. The lowest BCUT2D eigenvalue weighted by Crippen LogP contribution is -2.17. The van der Waals surface area contributed by atoms with Crippen LogP contribution in [0.4, 0.5) is 5.00 Å². The summed E-state index contributed by atoms with van der Waals surface area (Å²) in [5, 5.41) is 12.2. The summed E-state index contributed by atoms with van der Waals surface area (Å²) in [6.45, 7) is 3.39. The van der Waals surface area contributed by atoms with E-state index in [1.54, 1.807) is 50.8 Å². The second kappa shape index (κ2) is 10.9. The number of esters is 1. The molecule has 0 fully saturated rings. The Balaban J connectivity index is 1.77. The number of hydrogen-bond acceptors (Lipinski definition) is 9. The third-order valence-corrected chi connectivity index (χ3v) is 7.15. The average Bonchev–Trinajstić information content (AvgIpc) is 3.31. The van der Waals surface area contributed by atoms with Crippen LogP contribution in [0.25, 0.3) is 11.4 Å². The molecule has 0 saturated carbocycles. The standard InChI is InChI=1S/C21H22ClN5O5S2/c1-5-32-20(30)15-10(2)16(17(23)29)34-19(15)24-14(28)9-33-21-26-25-18(27(21)3)12-8-11(22)6-7-13(12)31-4/h6-8H,5,9H2,1-4H3,(H2,23,29)(H,24,28). The largest absolute Gasteiger partial charge is 0.496 e. The number of thiophene rings is 1. The van der Waals surface area contributed by atoms with Crippen LogP contribution in [0.3, 0.4) is 0 Å². The zero-order valence-electron chi connectivity index (χ0n) is 18.8. The van der Waals surface area contributed by atoms with Gasteiger partial charge >= 0.3 is 5.97 Å². The fourth-order valence-electron chi connectivity index (χ4n) is 3.11. The Morgan fingerprint density at radius 3 is 2.68 bits per heavy atom. The van der Waals surface area contributed by atoms with Gasteiger partial charge in [-0.3, -0.25) is 9.59 Å². The third kappa shape index (κ3) is 5.34. The number of nitrogens with two attached hydrogens (primary N) is 1. The molecule has 3 rings (SSSR count). The molecule has 34 heavy (non-hydrogen) atoms. The van der Waals surface area contributed by atoms with Crippen LogP contribution in [0.2, 0.25) is 5.02 Å². The van der Waals surface area contributed by atoms with Gasteiger partial charge in [0.15, 0.2) is 11.0 Å². The Morgan fingerprint density at radius 1 is 1.29 bits per heavy atom. The molecule has 2 heterocycles. The Hall–Kier alpha value is -3.09. The maximum Gasteiger partial charge on any atom is 0.341 e. The molecule has 2 amide bonds. The van der Waals surface area contributed by atoms with Crippen molar-refractivity contribution in [1.82, 2.24) is 14.8 Å². The molecule has 0 aliphatic rings. The number of anilines is 1. The fourth-order valence-corrected chi connectivity index (χ4v) is 5.05. The molecule has 1 aromatic carbocycles. The van der Waals surface area contributed by atoms with Crippen LogP contribution in [-0.2, 0) is 16.6 Å². The first kappa shape index (κ1) is 25.5. The molecule has 10 nitrogen and oxygen atoms in total. The molecule has 180 valence electrons. The lowest BCUT2D eigenvalue weighted by atomic mass is 10.1. The Labute approximate surface area is 208 Å². The highest BCUT2D eigenvalue weighted by Gasteiger charge is 2.26. The van der Waals surface area contributed by atoms with E-state index in [9.17, 15) is 14.4 Å². The minimum atomic E-state index is -0.689. The number of amides is 2. The van der Waals surface area contributed by atoms with E-state index >= 15 is 0 Å². The molecular weight excluding hydrogens is 502 g/mol. The number of aromatic nitrogens is 3. The molecule has 0 saturated heterocycles. The number of nitrogens with zero attached hydrogens (tertiary/aromatic N) is 3. The van der Waals surface area contributed by atoms with Crippen molar-refractivity contribution in [2.75, 3.05) is 24.8 Å². The van der Waals surface area contributed by atoms with Gasteiger partial charge in [0.1, 0.15) is 10.8 Å². The molecule has 0 aliphatic carbocycles. The van der Waals surface area contributed by atoms with E-state index in [1.807, 2.05) is 0 Å². The highest BCUT2D eigenvalue weighted by atomic mass is 35.5. The van der Waals surface area contributed by atoms with Crippen molar-refractivity contribution in [3.63, 3.8) is 0 Å².